The first-order valence-corrected chi connectivity index (χ1v) is 6.74. The van der Waals surface area contributed by atoms with Crippen molar-refractivity contribution in [3.63, 3.8) is 0 Å². The van der Waals surface area contributed by atoms with Gasteiger partial charge < -0.3 is 20.1 Å². The summed E-state index contributed by atoms with van der Waals surface area (Å²) in [5.41, 5.74) is 2.73. The molecule has 0 fully saturated rings. The average Bonchev–Trinajstić information content (AvgIpc) is 2.93. The van der Waals surface area contributed by atoms with Gasteiger partial charge >= 0.3 is 0 Å². The molecule has 1 aliphatic rings. The van der Waals surface area contributed by atoms with E-state index in [0.717, 1.165) is 16.7 Å². The first kappa shape index (κ1) is 13.7. The van der Waals surface area contributed by atoms with E-state index >= 15 is 0 Å². The topological polar surface area (TPSA) is 69.9 Å². The Kier molecular flexibility index (Phi) is 3.64. The summed E-state index contributed by atoms with van der Waals surface area (Å²) in [7, 11) is 0. The Balaban J connectivity index is 1.92. The zero-order valence-electron chi connectivity index (χ0n) is 11.3. The molecule has 4 heteroatoms. The lowest BCUT2D eigenvalue weighted by Gasteiger charge is -2.15. The average molecular weight is 284 g/mol. The van der Waals surface area contributed by atoms with E-state index in [2.05, 4.69) is 0 Å². The van der Waals surface area contributed by atoms with Crippen LogP contribution in [0, 0.1) is 0 Å². The molecule has 2 unspecified atom stereocenters. The van der Waals surface area contributed by atoms with Crippen LogP contribution >= 0.6 is 0 Å². The largest absolute Gasteiger partial charge is 0.508 e. The molecule has 0 saturated heterocycles. The fourth-order valence-corrected chi connectivity index (χ4v) is 2.48. The summed E-state index contributed by atoms with van der Waals surface area (Å²) in [6, 6.07) is 13.6. The third kappa shape index (κ3) is 2.77. The van der Waals surface area contributed by atoms with Crippen molar-refractivity contribution in [3.05, 3.63) is 65.7 Å². The van der Waals surface area contributed by atoms with E-state index in [4.69, 9.17) is 4.74 Å². The van der Waals surface area contributed by atoms with Crippen LogP contribution in [0.3, 0.4) is 0 Å². The Labute approximate surface area is 122 Å². The monoisotopic (exact) mass is 284 g/mol. The Bertz CT molecular complexity index is 643. The zero-order chi connectivity index (χ0) is 14.8. The number of aromatic hydroxyl groups is 2. The second-order valence-electron chi connectivity index (χ2n) is 4.99. The highest BCUT2D eigenvalue weighted by Gasteiger charge is 2.28. The van der Waals surface area contributed by atoms with Crippen LogP contribution < -0.4 is 0 Å². The van der Waals surface area contributed by atoms with Crippen LogP contribution in [0.5, 0.6) is 11.5 Å². The lowest BCUT2D eigenvalue weighted by Crippen LogP contribution is -2.15. The molecule has 0 amide bonds. The molecular weight excluding hydrogens is 268 g/mol. The number of hydrogen-bond acceptors (Lipinski definition) is 4. The van der Waals surface area contributed by atoms with Crippen LogP contribution in [-0.2, 0) is 4.74 Å². The molecule has 21 heavy (non-hydrogen) atoms. The molecule has 2 atom stereocenters. The van der Waals surface area contributed by atoms with Crippen molar-refractivity contribution in [2.24, 2.45) is 0 Å². The smallest absolute Gasteiger partial charge is 0.115 e. The van der Waals surface area contributed by atoms with Crippen LogP contribution in [0.25, 0.3) is 5.57 Å². The third-order valence-corrected chi connectivity index (χ3v) is 3.58. The van der Waals surface area contributed by atoms with Crippen LogP contribution in [0.2, 0.25) is 0 Å². The van der Waals surface area contributed by atoms with Gasteiger partial charge in [-0.2, -0.15) is 0 Å². The fraction of sp³-hybridized carbons (Fsp3) is 0.176. The summed E-state index contributed by atoms with van der Waals surface area (Å²) < 4.78 is 5.85. The summed E-state index contributed by atoms with van der Waals surface area (Å²) in [6.07, 6.45) is 1.31. The molecule has 2 aromatic rings. The van der Waals surface area contributed by atoms with Crippen LogP contribution in [0.1, 0.15) is 17.2 Å². The van der Waals surface area contributed by atoms with Gasteiger partial charge in [-0.25, -0.2) is 0 Å². The fourth-order valence-electron chi connectivity index (χ4n) is 2.48. The van der Waals surface area contributed by atoms with Gasteiger partial charge in [0.05, 0.1) is 6.61 Å². The predicted molar refractivity (Wildman–Crippen MR) is 78.9 cm³/mol. The summed E-state index contributed by atoms with van der Waals surface area (Å²) in [6.45, 7) is -0.110. The number of ether oxygens (including phenoxy) is 1. The number of aliphatic hydroxyl groups is 1. The Morgan fingerprint density at radius 1 is 0.857 bits per heavy atom. The number of rotatable bonds is 3. The van der Waals surface area contributed by atoms with Gasteiger partial charge in [0.2, 0.25) is 0 Å². The van der Waals surface area contributed by atoms with Gasteiger partial charge in [0.1, 0.15) is 23.7 Å². The first-order valence-electron chi connectivity index (χ1n) is 6.74. The van der Waals surface area contributed by atoms with E-state index in [0.29, 0.717) is 0 Å². The Hall–Kier alpha value is -2.30. The number of aliphatic hydroxyl groups excluding tert-OH is 1. The highest BCUT2D eigenvalue weighted by molar-refractivity contribution is 5.72. The van der Waals surface area contributed by atoms with Gasteiger partial charge in [-0.15, -0.1) is 0 Å². The zero-order valence-corrected chi connectivity index (χ0v) is 11.3. The molecule has 108 valence electrons. The highest BCUT2D eigenvalue weighted by Crippen LogP contribution is 2.37. The maximum atomic E-state index is 9.51. The Morgan fingerprint density at radius 2 is 1.43 bits per heavy atom. The molecule has 0 radical (unpaired) electrons. The summed E-state index contributed by atoms with van der Waals surface area (Å²) in [5, 5.41) is 28.2. The third-order valence-electron chi connectivity index (χ3n) is 3.58. The second-order valence-corrected chi connectivity index (χ2v) is 4.99. The number of benzene rings is 2. The molecule has 3 N–H and O–H groups in total. The lowest BCUT2D eigenvalue weighted by atomic mass is 10.00. The lowest BCUT2D eigenvalue weighted by molar-refractivity contribution is 0.0289. The quantitative estimate of drug-likeness (QED) is 0.810. The van der Waals surface area contributed by atoms with Crippen LogP contribution in [0.4, 0.5) is 0 Å². The molecule has 0 aromatic heterocycles. The molecule has 2 aromatic carbocycles. The second kappa shape index (κ2) is 5.60. The number of phenols is 2. The molecule has 0 saturated carbocycles. The van der Waals surface area contributed by atoms with E-state index in [-0.39, 0.29) is 24.2 Å². The molecule has 1 aliphatic heterocycles. The van der Waals surface area contributed by atoms with Gasteiger partial charge in [-0.05, 0) is 47.0 Å². The van der Waals surface area contributed by atoms with Crippen LogP contribution in [-0.4, -0.2) is 28.0 Å². The van der Waals surface area contributed by atoms with Crippen molar-refractivity contribution < 1.29 is 20.1 Å². The molecule has 0 aliphatic carbocycles. The van der Waals surface area contributed by atoms with E-state index in [1.54, 1.807) is 48.5 Å². The standard InChI is InChI=1S/C17H16O4/c18-10-17-15(11-1-5-13(19)6-2-11)9-16(21-17)12-3-7-14(20)8-4-12/h1-9,16-20H,10H2. The first-order chi connectivity index (χ1) is 10.2. The van der Waals surface area contributed by atoms with E-state index in [9.17, 15) is 15.3 Å². The Morgan fingerprint density at radius 3 is 2.00 bits per heavy atom. The van der Waals surface area contributed by atoms with Gasteiger partial charge in [-0.1, -0.05) is 24.3 Å². The van der Waals surface area contributed by atoms with Crippen molar-refractivity contribution in [2.45, 2.75) is 12.2 Å². The van der Waals surface area contributed by atoms with Gasteiger partial charge in [0.15, 0.2) is 0 Å². The van der Waals surface area contributed by atoms with E-state index < -0.39 is 6.10 Å². The molecular formula is C17H16O4. The summed E-state index contributed by atoms with van der Waals surface area (Å²) >= 11 is 0. The normalized spacial score (nSPS) is 21.3. The van der Waals surface area contributed by atoms with Crippen molar-refractivity contribution in [1.29, 1.82) is 0 Å². The summed E-state index contributed by atoms with van der Waals surface area (Å²) in [4.78, 5) is 0. The van der Waals surface area contributed by atoms with E-state index in [1.165, 1.54) is 0 Å². The van der Waals surface area contributed by atoms with E-state index in [1.807, 2.05) is 6.08 Å². The van der Waals surface area contributed by atoms with Crippen LogP contribution in [0.15, 0.2) is 54.6 Å². The molecule has 0 bridgehead atoms. The molecule has 4 nitrogen and oxygen atoms in total. The molecule has 0 spiro atoms. The molecule has 1 heterocycles. The SMILES string of the molecule is OCC1OC(c2ccc(O)cc2)C=C1c1ccc(O)cc1. The highest BCUT2D eigenvalue weighted by atomic mass is 16.5. The van der Waals surface area contributed by atoms with Crippen molar-refractivity contribution in [3.8, 4) is 11.5 Å². The van der Waals surface area contributed by atoms with Crippen molar-refractivity contribution in [2.75, 3.05) is 6.61 Å². The maximum Gasteiger partial charge on any atom is 0.115 e. The minimum absolute atomic E-state index is 0.110. The predicted octanol–water partition coefficient (Wildman–Crippen LogP) is 2.61. The minimum atomic E-state index is -0.395. The molecule has 3 rings (SSSR count). The van der Waals surface area contributed by atoms with Crippen molar-refractivity contribution >= 4 is 5.57 Å². The summed E-state index contributed by atoms with van der Waals surface area (Å²) in [5.74, 6) is 0.409. The van der Waals surface area contributed by atoms with Gasteiger partial charge in [0.25, 0.3) is 0 Å². The van der Waals surface area contributed by atoms with Crippen molar-refractivity contribution in [1.82, 2.24) is 0 Å². The van der Waals surface area contributed by atoms with Gasteiger partial charge in [0, 0.05) is 0 Å². The maximum absolute atomic E-state index is 9.51. The minimum Gasteiger partial charge on any atom is -0.508 e. The number of phenolic OH excluding ortho intramolecular Hbond substituents is 2. The van der Waals surface area contributed by atoms with Gasteiger partial charge in [-0.3, -0.25) is 0 Å². The number of hydrogen-bond donors (Lipinski definition) is 3.